The highest BCUT2D eigenvalue weighted by atomic mass is 32.2. The van der Waals surface area contributed by atoms with E-state index in [1.54, 1.807) is 24.3 Å². The first-order chi connectivity index (χ1) is 15.2. The normalized spacial score (nSPS) is 27.2. The standard InChI is InChI=1S/C23H30N2O5S2/c1-4-13(2)18(32-23(30)15-8-6-5-7-9-15)19(26)24-16-11-10-14(3)21-25(20(16)27)17(12-31-21)22(28)29/h5-9,13-14,16-18,21H,4,10-12H2,1-3H3,(H,24,26)(H,28,29)/t13-,14?,16?,17?,18-,21?/m0/s1. The summed E-state index contributed by atoms with van der Waals surface area (Å²) in [7, 11) is 0. The van der Waals surface area contributed by atoms with Crippen LogP contribution in [0.2, 0.25) is 0 Å². The number of rotatable bonds is 7. The van der Waals surface area contributed by atoms with Gasteiger partial charge in [0.05, 0.1) is 10.6 Å². The van der Waals surface area contributed by atoms with Crippen LogP contribution in [0.25, 0.3) is 0 Å². The van der Waals surface area contributed by atoms with E-state index >= 15 is 0 Å². The predicted octanol–water partition coefficient (Wildman–Crippen LogP) is 3.24. The van der Waals surface area contributed by atoms with Crippen molar-refractivity contribution in [2.45, 2.75) is 62.7 Å². The average Bonchev–Trinajstić information content (AvgIpc) is 3.20. The van der Waals surface area contributed by atoms with Crippen molar-refractivity contribution in [2.24, 2.45) is 11.8 Å². The number of carboxylic acids is 1. The highest BCUT2D eigenvalue weighted by Crippen LogP contribution is 2.39. The molecule has 2 saturated heterocycles. The SMILES string of the molecule is CC[C@H](C)[C@H](SC(=O)c1ccccc1)C(=O)NC1CCC(C)C2SCC(C(=O)O)N2C1=O. The Bertz CT molecular complexity index is 865. The number of hydrogen-bond donors (Lipinski definition) is 2. The van der Waals surface area contributed by atoms with E-state index in [0.717, 1.165) is 11.8 Å². The Morgan fingerprint density at radius 3 is 2.56 bits per heavy atom. The van der Waals surface area contributed by atoms with E-state index in [2.05, 4.69) is 5.32 Å². The lowest BCUT2D eigenvalue weighted by molar-refractivity contribution is -0.150. The second kappa shape index (κ2) is 10.7. The zero-order valence-electron chi connectivity index (χ0n) is 18.5. The number of carbonyl (C=O) groups is 4. The third-order valence-corrected chi connectivity index (χ3v) is 9.17. The van der Waals surface area contributed by atoms with Crippen LogP contribution in [0.1, 0.15) is 50.4 Å². The number of nitrogens with zero attached hydrogens (tertiary/aromatic N) is 1. The van der Waals surface area contributed by atoms with E-state index in [1.807, 2.05) is 26.8 Å². The molecule has 1 aromatic rings. The van der Waals surface area contributed by atoms with Crippen LogP contribution in [0.5, 0.6) is 0 Å². The van der Waals surface area contributed by atoms with Gasteiger partial charge in [0.15, 0.2) is 0 Å². The van der Waals surface area contributed by atoms with Gasteiger partial charge in [0.2, 0.25) is 16.9 Å². The Morgan fingerprint density at radius 1 is 1.25 bits per heavy atom. The molecule has 2 amide bonds. The highest BCUT2D eigenvalue weighted by molar-refractivity contribution is 8.15. The number of carboxylic acid groups (broad SMARTS) is 1. The third kappa shape index (κ3) is 5.31. The summed E-state index contributed by atoms with van der Waals surface area (Å²) in [5.41, 5.74) is 0.527. The Kier molecular flexibility index (Phi) is 8.27. The van der Waals surface area contributed by atoms with Crippen molar-refractivity contribution in [1.29, 1.82) is 0 Å². The Morgan fingerprint density at radius 2 is 1.94 bits per heavy atom. The van der Waals surface area contributed by atoms with E-state index in [4.69, 9.17) is 0 Å². The number of fused-ring (bicyclic) bond motifs is 1. The van der Waals surface area contributed by atoms with Gasteiger partial charge in [-0.05, 0) is 24.7 Å². The number of benzene rings is 1. The van der Waals surface area contributed by atoms with Crippen molar-refractivity contribution >= 4 is 46.4 Å². The average molecular weight is 479 g/mol. The largest absolute Gasteiger partial charge is 0.480 e. The monoisotopic (exact) mass is 478 g/mol. The molecule has 4 unspecified atom stereocenters. The van der Waals surface area contributed by atoms with Crippen LogP contribution >= 0.6 is 23.5 Å². The smallest absolute Gasteiger partial charge is 0.327 e. The van der Waals surface area contributed by atoms with Gasteiger partial charge in [-0.15, -0.1) is 11.8 Å². The zero-order valence-corrected chi connectivity index (χ0v) is 20.2. The number of hydrogen-bond acceptors (Lipinski definition) is 6. The molecular weight excluding hydrogens is 448 g/mol. The van der Waals surface area contributed by atoms with E-state index in [-0.39, 0.29) is 34.1 Å². The number of nitrogens with one attached hydrogen (secondary N) is 1. The zero-order chi connectivity index (χ0) is 23.4. The summed E-state index contributed by atoms with van der Waals surface area (Å²) in [6.45, 7) is 5.89. The third-order valence-electron chi connectivity index (χ3n) is 6.25. The van der Waals surface area contributed by atoms with Gasteiger partial charge in [0.1, 0.15) is 12.1 Å². The number of thioether (sulfide) groups is 2. The van der Waals surface area contributed by atoms with Crippen LogP contribution in [0, 0.1) is 11.8 Å². The van der Waals surface area contributed by atoms with Crippen molar-refractivity contribution in [1.82, 2.24) is 10.2 Å². The van der Waals surface area contributed by atoms with Crippen molar-refractivity contribution in [3.05, 3.63) is 35.9 Å². The topological polar surface area (TPSA) is 104 Å². The molecule has 0 spiro atoms. The summed E-state index contributed by atoms with van der Waals surface area (Å²) in [6, 6.07) is 7.16. The molecule has 6 atom stereocenters. The molecule has 0 saturated carbocycles. The highest BCUT2D eigenvalue weighted by Gasteiger charge is 2.48. The van der Waals surface area contributed by atoms with Crippen molar-refractivity contribution in [2.75, 3.05) is 5.75 Å². The van der Waals surface area contributed by atoms with Crippen LogP contribution in [0.3, 0.4) is 0 Å². The fraction of sp³-hybridized carbons (Fsp3) is 0.565. The summed E-state index contributed by atoms with van der Waals surface area (Å²) in [4.78, 5) is 52.4. The summed E-state index contributed by atoms with van der Waals surface area (Å²) in [5.74, 6) is -1.30. The molecular formula is C23H30N2O5S2. The van der Waals surface area contributed by atoms with Crippen molar-refractivity contribution in [3.8, 4) is 0 Å². The van der Waals surface area contributed by atoms with Crippen LogP contribution in [-0.2, 0) is 14.4 Å². The van der Waals surface area contributed by atoms with Gasteiger partial charge in [-0.1, -0.05) is 69.3 Å². The quantitative estimate of drug-likeness (QED) is 0.620. The Labute approximate surface area is 197 Å². The molecule has 32 heavy (non-hydrogen) atoms. The first-order valence-electron chi connectivity index (χ1n) is 11.0. The van der Waals surface area contributed by atoms with Gasteiger partial charge in [0, 0.05) is 11.3 Å². The number of carbonyl (C=O) groups excluding carboxylic acids is 3. The van der Waals surface area contributed by atoms with Gasteiger partial charge in [-0.3, -0.25) is 14.4 Å². The van der Waals surface area contributed by atoms with Crippen LogP contribution in [-0.4, -0.2) is 61.4 Å². The van der Waals surface area contributed by atoms with Crippen molar-refractivity contribution < 1.29 is 24.3 Å². The van der Waals surface area contributed by atoms with Crippen LogP contribution < -0.4 is 5.32 Å². The molecule has 2 N–H and O–H groups in total. The fourth-order valence-electron chi connectivity index (χ4n) is 4.10. The molecule has 0 bridgehead atoms. The lowest BCUT2D eigenvalue weighted by atomic mass is 10.0. The predicted molar refractivity (Wildman–Crippen MR) is 126 cm³/mol. The lowest BCUT2D eigenvalue weighted by Crippen LogP contribution is -2.55. The second-order valence-corrected chi connectivity index (χ2v) is 10.8. The lowest BCUT2D eigenvalue weighted by Gasteiger charge is -2.30. The van der Waals surface area contributed by atoms with Crippen LogP contribution in [0.4, 0.5) is 0 Å². The van der Waals surface area contributed by atoms with E-state index in [9.17, 15) is 24.3 Å². The maximum atomic E-state index is 13.3. The van der Waals surface area contributed by atoms with E-state index < -0.39 is 23.3 Å². The minimum Gasteiger partial charge on any atom is -0.480 e. The van der Waals surface area contributed by atoms with Gasteiger partial charge >= 0.3 is 5.97 Å². The summed E-state index contributed by atoms with van der Waals surface area (Å²) < 4.78 is 0. The molecule has 7 nitrogen and oxygen atoms in total. The molecule has 2 aliphatic heterocycles. The molecule has 2 heterocycles. The van der Waals surface area contributed by atoms with Gasteiger partial charge < -0.3 is 15.3 Å². The van der Waals surface area contributed by atoms with E-state index in [0.29, 0.717) is 30.6 Å². The Hall–Kier alpha value is -2.00. The minimum absolute atomic E-state index is 0.0747. The van der Waals surface area contributed by atoms with Crippen LogP contribution in [0.15, 0.2) is 30.3 Å². The molecule has 174 valence electrons. The van der Waals surface area contributed by atoms with Crippen molar-refractivity contribution in [3.63, 3.8) is 0 Å². The maximum Gasteiger partial charge on any atom is 0.327 e. The first-order valence-corrected chi connectivity index (χ1v) is 12.9. The fourth-order valence-corrected chi connectivity index (χ4v) is 6.76. The van der Waals surface area contributed by atoms with Gasteiger partial charge in [-0.2, -0.15) is 0 Å². The summed E-state index contributed by atoms with van der Waals surface area (Å²) >= 11 is 2.48. The first kappa shape index (κ1) is 24.6. The Balaban J connectivity index is 1.76. The number of amides is 2. The summed E-state index contributed by atoms with van der Waals surface area (Å²) in [6.07, 6.45) is 1.87. The second-order valence-electron chi connectivity index (χ2n) is 8.52. The molecule has 3 rings (SSSR count). The minimum atomic E-state index is -1.02. The van der Waals surface area contributed by atoms with Gasteiger partial charge in [-0.25, -0.2) is 4.79 Å². The molecule has 1 aromatic carbocycles. The van der Waals surface area contributed by atoms with E-state index in [1.165, 1.54) is 16.7 Å². The molecule has 0 aromatic heterocycles. The maximum absolute atomic E-state index is 13.3. The molecule has 0 radical (unpaired) electrons. The molecule has 9 heteroatoms. The number of aliphatic carboxylic acids is 1. The summed E-state index contributed by atoms with van der Waals surface area (Å²) in [5, 5.41) is 11.4. The molecule has 2 aliphatic rings. The molecule has 2 fully saturated rings. The van der Waals surface area contributed by atoms with Gasteiger partial charge in [0.25, 0.3) is 0 Å². The molecule has 0 aliphatic carbocycles.